The fraction of sp³-hybridized carbons (Fsp3) is 0.940. The minimum absolute atomic E-state index is 0.0382. The molecule has 0 bridgehead atoms. The lowest BCUT2D eigenvalue weighted by atomic mass is 9.76. The quantitative estimate of drug-likeness (QED) is 0.0417. The van der Waals surface area contributed by atoms with Crippen molar-refractivity contribution in [2.45, 2.75) is 278 Å². The smallest absolute Gasteiger partial charge is 0.314 e. The van der Waals surface area contributed by atoms with Gasteiger partial charge in [-0.1, -0.05) is 194 Å². The SMILES string of the molecule is CCCCCCCCCCCCCCCCCC(=O)NCC(COC(=O)C(C)(C)C(C)(C)OC(C)(C)CO)NC(=O)CCCCCCCCCCCCCCCCC. The van der Waals surface area contributed by atoms with Crippen molar-refractivity contribution in [1.29, 1.82) is 0 Å². The largest absolute Gasteiger partial charge is 0.463 e. The molecule has 2 amide bonds. The van der Waals surface area contributed by atoms with E-state index in [1.165, 1.54) is 154 Å². The van der Waals surface area contributed by atoms with Gasteiger partial charge in [0.1, 0.15) is 6.61 Å². The maximum Gasteiger partial charge on any atom is 0.314 e. The first-order valence-corrected chi connectivity index (χ1v) is 24.8. The summed E-state index contributed by atoms with van der Waals surface area (Å²) in [7, 11) is 0. The molecule has 0 radical (unpaired) electrons. The number of hydrogen-bond acceptors (Lipinski definition) is 6. The molecule has 0 aromatic rings. The number of carbonyl (C=O) groups is 3. The zero-order chi connectivity index (χ0) is 43.4. The zero-order valence-corrected chi connectivity index (χ0v) is 39.8. The first-order valence-electron chi connectivity index (χ1n) is 24.8. The molecular weight excluding hydrogens is 725 g/mol. The Morgan fingerprint density at radius 3 is 1.17 bits per heavy atom. The van der Waals surface area contributed by atoms with Gasteiger partial charge < -0.3 is 25.2 Å². The summed E-state index contributed by atoms with van der Waals surface area (Å²) >= 11 is 0. The van der Waals surface area contributed by atoms with E-state index in [1.807, 2.05) is 13.8 Å². The standard InChI is InChI=1S/C50H98N2O6/c1-9-11-13-15-17-19-21-23-25-27-29-31-33-35-37-39-45(54)51-41-44(42-57-47(56)49(5,6)50(7,8)58-48(3,4)43-53)52-46(55)40-38-36-34-32-30-28-26-24-22-20-18-16-14-12-10-2/h44,53H,9-43H2,1-8H3,(H,51,54)(H,52,55). The van der Waals surface area contributed by atoms with E-state index in [-0.39, 0.29) is 31.6 Å². The van der Waals surface area contributed by atoms with E-state index < -0.39 is 28.6 Å². The molecule has 58 heavy (non-hydrogen) atoms. The third kappa shape index (κ3) is 31.2. The second-order valence-electron chi connectivity index (χ2n) is 19.2. The van der Waals surface area contributed by atoms with Crippen LogP contribution in [-0.4, -0.2) is 59.9 Å². The van der Waals surface area contributed by atoms with Gasteiger partial charge in [-0.15, -0.1) is 0 Å². The highest BCUT2D eigenvalue weighted by Crippen LogP contribution is 2.38. The van der Waals surface area contributed by atoms with Crippen LogP contribution in [0.4, 0.5) is 0 Å². The van der Waals surface area contributed by atoms with Gasteiger partial charge in [-0.05, 0) is 54.4 Å². The predicted molar refractivity (Wildman–Crippen MR) is 245 cm³/mol. The number of amides is 2. The molecule has 0 rings (SSSR count). The lowest BCUT2D eigenvalue weighted by Crippen LogP contribution is -2.53. The molecule has 3 N–H and O–H groups in total. The predicted octanol–water partition coefficient (Wildman–Crippen LogP) is 13.2. The molecule has 8 nitrogen and oxygen atoms in total. The summed E-state index contributed by atoms with van der Waals surface area (Å²) in [4.78, 5) is 39.3. The lowest BCUT2D eigenvalue weighted by Gasteiger charge is -2.44. The van der Waals surface area contributed by atoms with Crippen LogP contribution in [0, 0.1) is 5.41 Å². The van der Waals surface area contributed by atoms with Crippen molar-refractivity contribution in [3.63, 3.8) is 0 Å². The van der Waals surface area contributed by atoms with Crippen molar-refractivity contribution in [2.24, 2.45) is 5.41 Å². The second kappa shape index (κ2) is 36.0. The molecule has 0 saturated carbocycles. The fourth-order valence-electron chi connectivity index (χ4n) is 7.54. The average Bonchev–Trinajstić information content (AvgIpc) is 3.18. The molecule has 0 aliphatic rings. The van der Waals surface area contributed by atoms with E-state index in [0.29, 0.717) is 12.8 Å². The summed E-state index contributed by atoms with van der Waals surface area (Å²) in [6.07, 6.45) is 39.2. The Morgan fingerprint density at radius 2 is 0.828 bits per heavy atom. The third-order valence-electron chi connectivity index (χ3n) is 12.3. The molecule has 8 heteroatoms. The molecule has 0 aromatic heterocycles. The molecule has 0 spiro atoms. The molecule has 0 aliphatic carbocycles. The number of unbranched alkanes of at least 4 members (excludes halogenated alkanes) is 28. The molecule has 1 unspecified atom stereocenters. The van der Waals surface area contributed by atoms with Gasteiger partial charge in [0.25, 0.3) is 0 Å². The van der Waals surface area contributed by atoms with E-state index in [2.05, 4.69) is 24.5 Å². The molecule has 1 atom stereocenters. The Kier molecular flexibility index (Phi) is 35.0. The minimum atomic E-state index is -1.04. The number of carbonyl (C=O) groups excluding carboxylic acids is 3. The Morgan fingerprint density at radius 1 is 0.500 bits per heavy atom. The monoisotopic (exact) mass is 823 g/mol. The summed E-state index contributed by atoms with van der Waals surface area (Å²) in [5.74, 6) is -0.583. The Bertz CT molecular complexity index is 997. The van der Waals surface area contributed by atoms with Crippen LogP contribution in [0.25, 0.3) is 0 Å². The Balaban J connectivity index is 4.64. The van der Waals surface area contributed by atoms with Gasteiger partial charge in [-0.2, -0.15) is 0 Å². The molecule has 0 saturated heterocycles. The van der Waals surface area contributed by atoms with Crippen molar-refractivity contribution >= 4 is 17.8 Å². The van der Waals surface area contributed by atoms with Gasteiger partial charge in [0.05, 0.1) is 29.3 Å². The van der Waals surface area contributed by atoms with Crippen LogP contribution in [-0.2, 0) is 23.9 Å². The van der Waals surface area contributed by atoms with Crippen LogP contribution < -0.4 is 10.6 Å². The molecule has 0 aromatic carbocycles. The molecule has 0 heterocycles. The first-order chi connectivity index (χ1) is 27.7. The van der Waals surface area contributed by atoms with Crippen LogP contribution in [0.3, 0.4) is 0 Å². The number of hydrogen-bond donors (Lipinski definition) is 3. The number of nitrogens with one attached hydrogen (secondary N) is 2. The number of aliphatic hydroxyl groups is 1. The van der Waals surface area contributed by atoms with Crippen LogP contribution in [0.5, 0.6) is 0 Å². The Labute approximate surface area is 359 Å². The van der Waals surface area contributed by atoms with Crippen molar-refractivity contribution < 1.29 is 29.0 Å². The highest BCUT2D eigenvalue weighted by molar-refractivity contribution is 5.78. The number of esters is 1. The van der Waals surface area contributed by atoms with Gasteiger partial charge in [0, 0.05) is 19.4 Å². The van der Waals surface area contributed by atoms with E-state index in [1.54, 1.807) is 27.7 Å². The van der Waals surface area contributed by atoms with Gasteiger partial charge >= 0.3 is 5.97 Å². The fourth-order valence-corrected chi connectivity index (χ4v) is 7.54. The third-order valence-corrected chi connectivity index (χ3v) is 12.3. The van der Waals surface area contributed by atoms with Gasteiger partial charge in [0.2, 0.25) is 11.8 Å². The topological polar surface area (TPSA) is 114 Å². The van der Waals surface area contributed by atoms with E-state index in [0.717, 1.165) is 38.5 Å². The summed E-state index contributed by atoms with van der Waals surface area (Å²) in [6, 6.07) is -0.536. The maximum absolute atomic E-state index is 13.4. The molecular formula is C50H98N2O6. The lowest BCUT2D eigenvalue weighted by molar-refractivity contribution is -0.204. The zero-order valence-electron chi connectivity index (χ0n) is 39.8. The van der Waals surface area contributed by atoms with Gasteiger partial charge in [-0.3, -0.25) is 14.4 Å². The van der Waals surface area contributed by atoms with Crippen molar-refractivity contribution in [3.8, 4) is 0 Å². The van der Waals surface area contributed by atoms with E-state index in [9.17, 15) is 19.5 Å². The van der Waals surface area contributed by atoms with Gasteiger partial charge in [0.15, 0.2) is 0 Å². The number of ether oxygens (including phenoxy) is 2. The number of rotatable bonds is 42. The van der Waals surface area contributed by atoms with Crippen molar-refractivity contribution in [2.75, 3.05) is 19.8 Å². The molecule has 0 aliphatic heterocycles. The van der Waals surface area contributed by atoms with E-state index >= 15 is 0 Å². The highest BCUT2D eigenvalue weighted by Gasteiger charge is 2.48. The Hall–Kier alpha value is -1.67. The average molecular weight is 823 g/mol. The normalized spacial score (nSPS) is 12.8. The number of aliphatic hydroxyl groups excluding tert-OH is 1. The van der Waals surface area contributed by atoms with Crippen molar-refractivity contribution in [1.82, 2.24) is 10.6 Å². The van der Waals surface area contributed by atoms with E-state index in [4.69, 9.17) is 9.47 Å². The second-order valence-corrected chi connectivity index (χ2v) is 19.2. The summed E-state index contributed by atoms with van der Waals surface area (Å²) < 4.78 is 12.0. The summed E-state index contributed by atoms with van der Waals surface area (Å²) in [5, 5.41) is 15.8. The van der Waals surface area contributed by atoms with Crippen LogP contribution in [0.2, 0.25) is 0 Å². The van der Waals surface area contributed by atoms with Crippen LogP contribution in [0.15, 0.2) is 0 Å². The van der Waals surface area contributed by atoms with Crippen LogP contribution >= 0.6 is 0 Å². The highest BCUT2D eigenvalue weighted by atomic mass is 16.6. The summed E-state index contributed by atoms with van der Waals surface area (Å²) in [5.41, 5.74) is -2.82. The molecule has 0 fully saturated rings. The molecule has 344 valence electrons. The maximum atomic E-state index is 13.4. The first kappa shape index (κ1) is 56.3. The van der Waals surface area contributed by atoms with Crippen molar-refractivity contribution in [3.05, 3.63) is 0 Å². The minimum Gasteiger partial charge on any atom is -0.463 e. The van der Waals surface area contributed by atoms with Crippen LogP contribution in [0.1, 0.15) is 261 Å². The summed E-state index contributed by atoms with van der Waals surface area (Å²) in [6.45, 7) is 15.2. The van der Waals surface area contributed by atoms with Gasteiger partial charge in [-0.25, -0.2) is 0 Å².